The first-order valence-corrected chi connectivity index (χ1v) is 8.08. The Morgan fingerprint density at radius 1 is 1.15 bits per heavy atom. The Morgan fingerprint density at radius 3 is 2.45 bits per heavy atom. The molecule has 2 fully saturated rings. The summed E-state index contributed by atoms with van der Waals surface area (Å²) in [5, 5.41) is 0. The van der Waals surface area contributed by atoms with Gasteiger partial charge in [0.1, 0.15) is 0 Å². The van der Waals surface area contributed by atoms with Crippen LogP contribution in [-0.4, -0.2) is 42.0 Å². The molecule has 1 spiro atoms. The van der Waals surface area contributed by atoms with E-state index in [-0.39, 0.29) is 0 Å². The summed E-state index contributed by atoms with van der Waals surface area (Å²) in [6, 6.07) is 9.67. The van der Waals surface area contributed by atoms with Gasteiger partial charge in [0, 0.05) is 25.7 Å². The van der Waals surface area contributed by atoms with Crippen LogP contribution >= 0.6 is 0 Å². The van der Waals surface area contributed by atoms with Gasteiger partial charge in [-0.3, -0.25) is 4.90 Å². The van der Waals surface area contributed by atoms with E-state index >= 15 is 0 Å². The zero-order valence-electron chi connectivity index (χ0n) is 13.2. The van der Waals surface area contributed by atoms with Gasteiger partial charge in [0.15, 0.2) is 0 Å². The summed E-state index contributed by atoms with van der Waals surface area (Å²) in [5.41, 5.74) is 3.50. The van der Waals surface area contributed by atoms with E-state index in [1.165, 1.54) is 50.1 Å². The third kappa shape index (κ3) is 2.91. The second-order valence-corrected chi connectivity index (χ2v) is 7.26. The maximum absolute atomic E-state index is 2.63. The summed E-state index contributed by atoms with van der Waals surface area (Å²) in [5.74, 6) is 0. The van der Waals surface area contributed by atoms with Crippen molar-refractivity contribution in [1.82, 2.24) is 9.80 Å². The second kappa shape index (κ2) is 5.50. The van der Waals surface area contributed by atoms with Crippen LogP contribution < -0.4 is 0 Å². The van der Waals surface area contributed by atoms with Crippen molar-refractivity contribution in [3.8, 4) is 0 Å². The number of benzene rings is 1. The van der Waals surface area contributed by atoms with Crippen LogP contribution in [-0.2, 0) is 6.54 Å². The van der Waals surface area contributed by atoms with Crippen molar-refractivity contribution in [1.29, 1.82) is 0 Å². The van der Waals surface area contributed by atoms with Crippen molar-refractivity contribution in [3.63, 3.8) is 0 Å². The van der Waals surface area contributed by atoms with Crippen molar-refractivity contribution in [2.45, 2.75) is 46.2 Å². The van der Waals surface area contributed by atoms with Gasteiger partial charge < -0.3 is 4.90 Å². The first-order valence-electron chi connectivity index (χ1n) is 8.08. The highest BCUT2D eigenvalue weighted by atomic mass is 15.2. The molecule has 2 heterocycles. The van der Waals surface area contributed by atoms with Gasteiger partial charge in [-0.2, -0.15) is 0 Å². The third-order valence-corrected chi connectivity index (χ3v) is 5.20. The van der Waals surface area contributed by atoms with Crippen LogP contribution in [0.1, 0.15) is 37.8 Å². The Bertz CT molecular complexity index is 450. The molecule has 1 aromatic carbocycles. The molecule has 1 aromatic rings. The summed E-state index contributed by atoms with van der Waals surface area (Å²) in [7, 11) is 0. The number of hydrogen-bond donors (Lipinski definition) is 0. The molecule has 110 valence electrons. The van der Waals surface area contributed by atoms with E-state index in [4.69, 9.17) is 0 Å². The van der Waals surface area contributed by atoms with Crippen molar-refractivity contribution in [2.75, 3.05) is 26.2 Å². The monoisotopic (exact) mass is 272 g/mol. The quantitative estimate of drug-likeness (QED) is 0.833. The molecular weight excluding hydrogens is 244 g/mol. The van der Waals surface area contributed by atoms with Crippen LogP contribution in [0.25, 0.3) is 0 Å². The molecule has 0 amide bonds. The van der Waals surface area contributed by atoms with Crippen LogP contribution in [0.4, 0.5) is 0 Å². The fourth-order valence-corrected chi connectivity index (χ4v) is 3.91. The van der Waals surface area contributed by atoms with Crippen LogP contribution in [0.15, 0.2) is 24.3 Å². The van der Waals surface area contributed by atoms with E-state index in [9.17, 15) is 0 Å². The predicted molar refractivity (Wildman–Crippen MR) is 84.8 cm³/mol. The molecule has 0 atom stereocenters. The molecular formula is C18H28N2. The van der Waals surface area contributed by atoms with Crippen molar-refractivity contribution < 1.29 is 0 Å². The van der Waals surface area contributed by atoms with E-state index in [0.29, 0.717) is 5.41 Å². The topological polar surface area (TPSA) is 6.48 Å². The van der Waals surface area contributed by atoms with Gasteiger partial charge in [0.05, 0.1) is 0 Å². The lowest BCUT2D eigenvalue weighted by Gasteiger charge is -2.54. The molecule has 2 aliphatic rings. The zero-order chi connectivity index (χ0) is 14.2. The van der Waals surface area contributed by atoms with E-state index in [2.05, 4.69) is 54.8 Å². The maximum Gasteiger partial charge on any atom is 0.0234 e. The molecule has 20 heavy (non-hydrogen) atoms. The van der Waals surface area contributed by atoms with Crippen LogP contribution in [0.2, 0.25) is 0 Å². The highest BCUT2D eigenvalue weighted by Gasteiger charge is 2.44. The van der Waals surface area contributed by atoms with Gasteiger partial charge in [-0.25, -0.2) is 0 Å². The number of nitrogens with zero attached hydrogens (tertiary/aromatic N) is 2. The minimum atomic E-state index is 0.648. The molecule has 2 aliphatic heterocycles. The average molecular weight is 272 g/mol. The van der Waals surface area contributed by atoms with Gasteiger partial charge in [0.25, 0.3) is 0 Å². The largest absolute Gasteiger partial charge is 0.301 e. The normalized spacial score (nSPS) is 23.2. The lowest BCUT2D eigenvalue weighted by molar-refractivity contribution is -0.0556. The summed E-state index contributed by atoms with van der Waals surface area (Å²) in [6.45, 7) is 13.2. The molecule has 0 radical (unpaired) electrons. The summed E-state index contributed by atoms with van der Waals surface area (Å²) < 4.78 is 0. The Hall–Kier alpha value is -0.860. The number of piperidine rings is 1. The third-order valence-electron chi connectivity index (χ3n) is 5.20. The molecule has 0 aliphatic carbocycles. The molecule has 0 saturated carbocycles. The Labute approximate surface area is 123 Å². The molecule has 0 unspecified atom stereocenters. The van der Waals surface area contributed by atoms with E-state index in [0.717, 1.165) is 12.6 Å². The fraction of sp³-hybridized carbons (Fsp3) is 0.667. The number of likely N-dealkylation sites (tertiary alicyclic amines) is 2. The predicted octanol–water partition coefficient (Wildman–Crippen LogP) is 3.30. The molecule has 3 rings (SSSR count). The highest BCUT2D eigenvalue weighted by molar-refractivity contribution is 5.22. The first kappa shape index (κ1) is 14.1. The summed E-state index contributed by atoms with van der Waals surface area (Å²) in [4.78, 5) is 5.26. The summed E-state index contributed by atoms with van der Waals surface area (Å²) in [6.07, 6.45) is 2.80. The van der Waals surface area contributed by atoms with E-state index in [1.54, 1.807) is 0 Å². The Morgan fingerprint density at radius 2 is 1.85 bits per heavy atom. The molecule has 2 nitrogen and oxygen atoms in total. The van der Waals surface area contributed by atoms with Gasteiger partial charge in [-0.05, 0) is 57.7 Å². The zero-order valence-corrected chi connectivity index (χ0v) is 13.2. The molecule has 0 bridgehead atoms. The second-order valence-electron chi connectivity index (χ2n) is 7.26. The van der Waals surface area contributed by atoms with Gasteiger partial charge in [-0.1, -0.05) is 29.8 Å². The minimum absolute atomic E-state index is 0.648. The van der Waals surface area contributed by atoms with E-state index in [1.807, 2.05) is 0 Å². The van der Waals surface area contributed by atoms with Gasteiger partial charge in [-0.15, -0.1) is 0 Å². The SMILES string of the molecule is Cc1cccc(CN2CC3(CCN(C(C)C)CC3)C2)c1. The lowest BCUT2D eigenvalue weighted by atomic mass is 9.71. The smallest absolute Gasteiger partial charge is 0.0234 e. The van der Waals surface area contributed by atoms with Gasteiger partial charge in [0.2, 0.25) is 0 Å². The fourth-order valence-electron chi connectivity index (χ4n) is 3.91. The first-order chi connectivity index (χ1) is 9.56. The molecule has 2 saturated heterocycles. The minimum Gasteiger partial charge on any atom is -0.301 e. The average Bonchev–Trinajstić information content (AvgIpc) is 2.37. The molecule has 0 aromatic heterocycles. The van der Waals surface area contributed by atoms with Crippen LogP contribution in [0.3, 0.4) is 0 Å². The number of aryl methyl sites for hydroxylation is 1. The van der Waals surface area contributed by atoms with Crippen LogP contribution in [0, 0.1) is 12.3 Å². The maximum atomic E-state index is 2.63. The van der Waals surface area contributed by atoms with Crippen molar-refractivity contribution in [2.24, 2.45) is 5.41 Å². The van der Waals surface area contributed by atoms with Crippen molar-refractivity contribution >= 4 is 0 Å². The Balaban J connectivity index is 1.49. The van der Waals surface area contributed by atoms with Crippen molar-refractivity contribution in [3.05, 3.63) is 35.4 Å². The number of hydrogen-bond acceptors (Lipinski definition) is 2. The summed E-state index contributed by atoms with van der Waals surface area (Å²) >= 11 is 0. The van der Waals surface area contributed by atoms with Crippen LogP contribution in [0.5, 0.6) is 0 Å². The number of rotatable bonds is 3. The molecule has 2 heteroatoms. The Kier molecular flexibility index (Phi) is 3.87. The van der Waals surface area contributed by atoms with E-state index < -0.39 is 0 Å². The standard InChI is InChI=1S/C18H28N2/c1-15(2)20-9-7-18(8-10-20)13-19(14-18)12-17-6-4-5-16(3)11-17/h4-6,11,15H,7-10,12-14H2,1-3H3. The highest BCUT2D eigenvalue weighted by Crippen LogP contribution is 2.41. The molecule has 0 N–H and O–H groups in total. The lowest BCUT2D eigenvalue weighted by Crippen LogP contribution is -2.60. The van der Waals surface area contributed by atoms with Gasteiger partial charge >= 0.3 is 0 Å².